The predicted molar refractivity (Wildman–Crippen MR) is 67.2 cm³/mol. The number of carbonyl (C=O) groups is 1. The van der Waals surface area contributed by atoms with Gasteiger partial charge in [-0.15, -0.1) is 0 Å². The molecule has 0 spiro atoms. The highest BCUT2D eigenvalue weighted by atomic mass is 16.2. The SMILES string of the molecule is Cc1ccc([C@@H](C)NC(=O)C(C)(C)C)cc1. The molecule has 0 heterocycles. The zero-order chi connectivity index (χ0) is 12.3. The summed E-state index contributed by atoms with van der Waals surface area (Å²) in [4.78, 5) is 11.8. The smallest absolute Gasteiger partial charge is 0.225 e. The Bertz CT molecular complexity index is 359. The van der Waals surface area contributed by atoms with E-state index in [1.165, 1.54) is 5.56 Å². The predicted octanol–water partition coefficient (Wildman–Crippen LogP) is 3.22. The van der Waals surface area contributed by atoms with E-state index < -0.39 is 0 Å². The number of hydrogen-bond acceptors (Lipinski definition) is 1. The van der Waals surface area contributed by atoms with Gasteiger partial charge in [0.05, 0.1) is 6.04 Å². The average molecular weight is 219 g/mol. The van der Waals surface area contributed by atoms with Crippen LogP contribution in [-0.2, 0) is 4.79 Å². The van der Waals surface area contributed by atoms with Gasteiger partial charge in [0.1, 0.15) is 0 Å². The summed E-state index contributed by atoms with van der Waals surface area (Å²) < 4.78 is 0. The molecule has 0 aliphatic carbocycles. The molecule has 2 nitrogen and oxygen atoms in total. The van der Waals surface area contributed by atoms with Gasteiger partial charge in [0.15, 0.2) is 0 Å². The molecule has 1 aromatic carbocycles. The molecular formula is C14H21NO. The topological polar surface area (TPSA) is 29.1 Å². The average Bonchev–Trinajstić information content (AvgIpc) is 2.17. The molecule has 0 aromatic heterocycles. The standard InChI is InChI=1S/C14H21NO/c1-10-6-8-12(9-7-10)11(2)15-13(16)14(3,4)5/h6-9,11H,1-5H3,(H,15,16)/t11-/m1/s1. The lowest BCUT2D eigenvalue weighted by Gasteiger charge is -2.22. The first-order chi connectivity index (χ1) is 7.30. The molecule has 0 bridgehead atoms. The van der Waals surface area contributed by atoms with Crippen LogP contribution >= 0.6 is 0 Å². The van der Waals surface area contributed by atoms with Gasteiger partial charge in [-0.25, -0.2) is 0 Å². The second kappa shape index (κ2) is 4.69. The minimum Gasteiger partial charge on any atom is -0.349 e. The van der Waals surface area contributed by atoms with Crippen LogP contribution in [0.2, 0.25) is 0 Å². The number of amides is 1. The zero-order valence-electron chi connectivity index (χ0n) is 10.8. The molecule has 1 rings (SSSR count). The van der Waals surface area contributed by atoms with Gasteiger partial charge in [-0.3, -0.25) is 4.79 Å². The number of nitrogens with one attached hydrogen (secondary N) is 1. The molecule has 88 valence electrons. The van der Waals surface area contributed by atoms with E-state index in [-0.39, 0.29) is 17.4 Å². The van der Waals surface area contributed by atoms with Gasteiger partial charge in [-0.05, 0) is 19.4 Å². The number of rotatable bonds is 2. The van der Waals surface area contributed by atoms with Crippen molar-refractivity contribution in [1.29, 1.82) is 0 Å². The Morgan fingerprint density at radius 1 is 1.19 bits per heavy atom. The van der Waals surface area contributed by atoms with Gasteiger partial charge < -0.3 is 5.32 Å². The summed E-state index contributed by atoms with van der Waals surface area (Å²) in [6.45, 7) is 9.83. The number of benzene rings is 1. The summed E-state index contributed by atoms with van der Waals surface area (Å²) in [6.07, 6.45) is 0. The highest BCUT2D eigenvalue weighted by Gasteiger charge is 2.22. The van der Waals surface area contributed by atoms with Gasteiger partial charge in [-0.2, -0.15) is 0 Å². The lowest BCUT2D eigenvalue weighted by Crippen LogP contribution is -2.36. The molecule has 2 heteroatoms. The summed E-state index contributed by atoms with van der Waals surface area (Å²) in [5.74, 6) is 0.0839. The second-order valence-electron chi connectivity index (χ2n) is 5.36. The van der Waals surface area contributed by atoms with Crippen molar-refractivity contribution in [2.24, 2.45) is 5.41 Å². The first-order valence-electron chi connectivity index (χ1n) is 5.68. The van der Waals surface area contributed by atoms with E-state index in [4.69, 9.17) is 0 Å². The molecule has 0 aliphatic heterocycles. The monoisotopic (exact) mass is 219 g/mol. The Balaban J connectivity index is 2.69. The van der Waals surface area contributed by atoms with E-state index in [0.717, 1.165) is 5.56 Å². The normalized spacial score (nSPS) is 13.3. The van der Waals surface area contributed by atoms with E-state index in [9.17, 15) is 4.79 Å². The summed E-state index contributed by atoms with van der Waals surface area (Å²) >= 11 is 0. The molecule has 1 N–H and O–H groups in total. The molecule has 1 atom stereocenters. The molecule has 0 saturated heterocycles. The summed E-state index contributed by atoms with van der Waals surface area (Å²) in [7, 11) is 0. The van der Waals surface area contributed by atoms with Crippen LogP contribution in [0, 0.1) is 12.3 Å². The maximum absolute atomic E-state index is 11.8. The highest BCUT2D eigenvalue weighted by Crippen LogP contribution is 2.18. The zero-order valence-corrected chi connectivity index (χ0v) is 10.8. The second-order valence-corrected chi connectivity index (χ2v) is 5.36. The highest BCUT2D eigenvalue weighted by molar-refractivity contribution is 5.81. The van der Waals surface area contributed by atoms with Crippen LogP contribution in [0.1, 0.15) is 44.9 Å². The van der Waals surface area contributed by atoms with Crippen molar-refractivity contribution in [2.45, 2.75) is 40.7 Å². The Hall–Kier alpha value is -1.31. The van der Waals surface area contributed by atoms with Crippen LogP contribution in [0.15, 0.2) is 24.3 Å². The van der Waals surface area contributed by atoms with E-state index >= 15 is 0 Å². The maximum atomic E-state index is 11.8. The fraction of sp³-hybridized carbons (Fsp3) is 0.500. The van der Waals surface area contributed by atoms with E-state index in [2.05, 4.69) is 36.5 Å². The molecule has 0 fully saturated rings. The Morgan fingerprint density at radius 3 is 2.12 bits per heavy atom. The Kier molecular flexibility index (Phi) is 3.74. The molecule has 0 saturated carbocycles. The van der Waals surface area contributed by atoms with Crippen molar-refractivity contribution in [3.8, 4) is 0 Å². The van der Waals surface area contributed by atoms with Crippen molar-refractivity contribution >= 4 is 5.91 Å². The fourth-order valence-corrected chi connectivity index (χ4v) is 1.35. The first kappa shape index (κ1) is 12.8. The summed E-state index contributed by atoms with van der Waals surface area (Å²) in [6, 6.07) is 8.31. The molecule has 0 unspecified atom stereocenters. The van der Waals surface area contributed by atoms with Crippen LogP contribution < -0.4 is 5.32 Å². The quantitative estimate of drug-likeness (QED) is 0.813. The number of carbonyl (C=O) groups excluding carboxylic acids is 1. The molecule has 16 heavy (non-hydrogen) atoms. The number of aryl methyl sites for hydroxylation is 1. The van der Waals surface area contributed by atoms with Crippen molar-refractivity contribution in [2.75, 3.05) is 0 Å². The largest absolute Gasteiger partial charge is 0.349 e. The third-order valence-electron chi connectivity index (χ3n) is 2.61. The third kappa shape index (κ3) is 3.37. The number of hydrogen-bond donors (Lipinski definition) is 1. The third-order valence-corrected chi connectivity index (χ3v) is 2.61. The lowest BCUT2D eigenvalue weighted by atomic mass is 9.94. The van der Waals surface area contributed by atoms with E-state index in [0.29, 0.717) is 0 Å². The van der Waals surface area contributed by atoms with Gasteiger partial charge >= 0.3 is 0 Å². The Morgan fingerprint density at radius 2 is 1.69 bits per heavy atom. The minimum atomic E-state index is -0.334. The summed E-state index contributed by atoms with van der Waals surface area (Å²) in [5.41, 5.74) is 2.04. The first-order valence-corrected chi connectivity index (χ1v) is 5.68. The summed E-state index contributed by atoms with van der Waals surface area (Å²) in [5, 5.41) is 3.02. The van der Waals surface area contributed by atoms with Crippen LogP contribution in [-0.4, -0.2) is 5.91 Å². The molecule has 0 radical (unpaired) electrons. The van der Waals surface area contributed by atoms with Crippen molar-refractivity contribution in [1.82, 2.24) is 5.32 Å². The van der Waals surface area contributed by atoms with E-state index in [1.54, 1.807) is 0 Å². The maximum Gasteiger partial charge on any atom is 0.225 e. The molecule has 0 aliphatic rings. The van der Waals surface area contributed by atoms with Crippen molar-refractivity contribution < 1.29 is 4.79 Å². The van der Waals surface area contributed by atoms with E-state index in [1.807, 2.05) is 27.7 Å². The fourth-order valence-electron chi connectivity index (χ4n) is 1.35. The van der Waals surface area contributed by atoms with Crippen molar-refractivity contribution in [3.63, 3.8) is 0 Å². The van der Waals surface area contributed by atoms with Crippen LogP contribution in [0.4, 0.5) is 0 Å². The van der Waals surface area contributed by atoms with Gasteiger partial charge in [0, 0.05) is 5.41 Å². The van der Waals surface area contributed by atoms with Gasteiger partial charge in [0.2, 0.25) is 5.91 Å². The van der Waals surface area contributed by atoms with Crippen molar-refractivity contribution in [3.05, 3.63) is 35.4 Å². The molecule has 1 amide bonds. The molecular weight excluding hydrogens is 198 g/mol. The van der Waals surface area contributed by atoms with Crippen LogP contribution in [0.5, 0.6) is 0 Å². The van der Waals surface area contributed by atoms with Gasteiger partial charge in [0.25, 0.3) is 0 Å². The van der Waals surface area contributed by atoms with Gasteiger partial charge in [-0.1, -0.05) is 50.6 Å². The molecule has 1 aromatic rings. The van der Waals surface area contributed by atoms with Crippen LogP contribution in [0.3, 0.4) is 0 Å². The minimum absolute atomic E-state index is 0.0623. The Labute approximate surface area is 98.1 Å². The van der Waals surface area contributed by atoms with Crippen LogP contribution in [0.25, 0.3) is 0 Å². The lowest BCUT2D eigenvalue weighted by molar-refractivity contribution is -0.129.